The van der Waals surface area contributed by atoms with E-state index in [4.69, 9.17) is 22.1 Å². The highest BCUT2D eigenvalue weighted by Gasteiger charge is 2.15. The van der Waals surface area contributed by atoms with Gasteiger partial charge in [0.2, 0.25) is 0 Å². The van der Waals surface area contributed by atoms with Crippen molar-refractivity contribution in [1.29, 1.82) is 0 Å². The van der Waals surface area contributed by atoms with Crippen LogP contribution in [-0.2, 0) is 6.42 Å². The number of nitrogens with two attached hydrogens (primary N) is 1. The van der Waals surface area contributed by atoms with Crippen LogP contribution < -0.4 is 10.5 Å². The molecule has 2 nitrogen and oxygen atoms in total. The van der Waals surface area contributed by atoms with Crippen LogP contribution in [0.1, 0.15) is 51.2 Å². The molecule has 0 aliphatic heterocycles. The van der Waals surface area contributed by atoms with E-state index in [1.165, 1.54) is 11.1 Å². The zero-order valence-electron chi connectivity index (χ0n) is 12.2. The summed E-state index contributed by atoms with van der Waals surface area (Å²) in [5, 5.41) is 0.699. The molecular formula is C15H25Cl2NO. The monoisotopic (exact) mass is 305 g/mol. The summed E-state index contributed by atoms with van der Waals surface area (Å²) in [4.78, 5) is 0. The molecule has 1 aromatic rings. The maximum Gasteiger partial charge on any atom is 0.141 e. The molecule has 2 N–H and O–H groups in total. The second-order valence-electron chi connectivity index (χ2n) is 4.92. The van der Waals surface area contributed by atoms with Gasteiger partial charge in [0, 0.05) is 6.04 Å². The molecule has 0 heterocycles. The van der Waals surface area contributed by atoms with Gasteiger partial charge in [-0.05, 0) is 49.8 Å². The van der Waals surface area contributed by atoms with Crippen molar-refractivity contribution in [3.63, 3.8) is 0 Å². The van der Waals surface area contributed by atoms with Crippen LogP contribution in [0.5, 0.6) is 5.75 Å². The number of halogens is 2. The second-order valence-corrected chi connectivity index (χ2v) is 5.33. The fraction of sp³-hybridized carbons (Fsp3) is 0.600. The first-order chi connectivity index (χ1) is 8.49. The lowest BCUT2D eigenvalue weighted by atomic mass is 9.94. The SMILES string of the molecule is CCOc1c(Cl)cc(CC(C)N)cc1C(C)CC.Cl. The first kappa shape index (κ1) is 18.6. The van der Waals surface area contributed by atoms with Gasteiger partial charge in [-0.3, -0.25) is 0 Å². The van der Waals surface area contributed by atoms with Crippen molar-refractivity contribution in [2.75, 3.05) is 6.61 Å². The minimum absolute atomic E-state index is 0. The number of ether oxygens (including phenoxy) is 1. The quantitative estimate of drug-likeness (QED) is 0.836. The fourth-order valence-electron chi connectivity index (χ4n) is 2.05. The highest BCUT2D eigenvalue weighted by atomic mass is 35.5. The highest BCUT2D eigenvalue weighted by molar-refractivity contribution is 6.32. The predicted octanol–water partition coefficient (Wildman–Crippen LogP) is 4.56. The molecule has 0 saturated carbocycles. The van der Waals surface area contributed by atoms with Crippen LogP contribution in [0.15, 0.2) is 12.1 Å². The van der Waals surface area contributed by atoms with Gasteiger partial charge in [0.25, 0.3) is 0 Å². The minimum atomic E-state index is 0. The van der Waals surface area contributed by atoms with Crippen molar-refractivity contribution < 1.29 is 4.74 Å². The van der Waals surface area contributed by atoms with Gasteiger partial charge in [-0.25, -0.2) is 0 Å². The lowest BCUT2D eigenvalue weighted by Crippen LogP contribution is -2.18. The van der Waals surface area contributed by atoms with E-state index >= 15 is 0 Å². The van der Waals surface area contributed by atoms with E-state index in [2.05, 4.69) is 19.9 Å². The summed E-state index contributed by atoms with van der Waals surface area (Å²) in [6.07, 6.45) is 1.91. The Morgan fingerprint density at radius 3 is 2.37 bits per heavy atom. The zero-order valence-corrected chi connectivity index (χ0v) is 13.8. The van der Waals surface area contributed by atoms with Crippen LogP contribution in [0.2, 0.25) is 5.02 Å². The molecular weight excluding hydrogens is 281 g/mol. The molecule has 2 atom stereocenters. The van der Waals surface area contributed by atoms with Crippen LogP contribution in [0.3, 0.4) is 0 Å². The Morgan fingerprint density at radius 1 is 1.26 bits per heavy atom. The van der Waals surface area contributed by atoms with E-state index in [0.717, 1.165) is 18.6 Å². The van der Waals surface area contributed by atoms with Crippen molar-refractivity contribution in [2.24, 2.45) is 5.73 Å². The standard InChI is InChI=1S/C15H24ClNO.ClH/c1-5-10(3)13-8-12(7-11(4)17)9-14(16)15(13)18-6-2;/h8-11H,5-7,17H2,1-4H3;1H. The van der Waals surface area contributed by atoms with Gasteiger partial charge in [-0.1, -0.05) is 31.5 Å². The molecule has 1 aromatic carbocycles. The summed E-state index contributed by atoms with van der Waals surface area (Å²) < 4.78 is 5.69. The summed E-state index contributed by atoms with van der Waals surface area (Å²) >= 11 is 6.33. The van der Waals surface area contributed by atoms with Crippen molar-refractivity contribution in [3.8, 4) is 5.75 Å². The average Bonchev–Trinajstić information content (AvgIpc) is 2.30. The molecule has 1 rings (SSSR count). The number of hydrogen-bond acceptors (Lipinski definition) is 2. The molecule has 0 saturated heterocycles. The molecule has 0 spiro atoms. The second kappa shape index (κ2) is 8.68. The molecule has 2 unspecified atom stereocenters. The molecule has 110 valence electrons. The van der Waals surface area contributed by atoms with E-state index in [9.17, 15) is 0 Å². The lowest BCUT2D eigenvalue weighted by Gasteiger charge is -2.19. The third kappa shape index (κ3) is 5.21. The Balaban J connectivity index is 0.00000324. The molecule has 0 aliphatic carbocycles. The van der Waals surface area contributed by atoms with Gasteiger partial charge in [0.1, 0.15) is 5.75 Å². The zero-order chi connectivity index (χ0) is 13.7. The predicted molar refractivity (Wildman–Crippen MR) is 85.9 cm³/mol. The third-order valence-corrected chi connectivity index (χ3v) is 3.40. The minimum Gasteiger partial charge on any atom is -0.492 e. The lowest BCUT2D eigenvalue weighted by molar-refractivity contribution is 0.334. The molecule has 4 heteroatoms. The number of rotatable bonds is 6. The van der Waals surface area contributed by atoms with E-state index in [1.807, 2.05) is 19.9 Å². The molecule has 0 amide bonds. The van der Waals surface area contributed by atoms with Crippen molar-refractivity contribution >= 4 is 24.0 Å². The first-order valence-electron chi connectivity index (χ1n) is 6.70. The summed E-state index contributed by atoms with van der Waals surface area (Å²) in [5.41, 5.74) is 8.24. The van der Waals surface area contributed by atoms with Crippen LogP contribution in [0.4, 0.5) is 0 Å². The molecule has 0 fully saturated rings. The molecule has 0 aromatic heterocycles. The van der Waals surface area contributed by atoms with Gasteiger partial charge in [0.05, 0.1) is 11.6 Å². The van der Waals surface area contributed by atoms with Gasteiger partial charge >= 0.3 is 0 Å². The van der Waals surface area contributed by atoms with Gasteiger partial charge in [-0.2, -0.15) is 0 Å². The van der Waals surface area contributed by atoms with E-state index < -0.39 is 0 Å². The number of benzene rings is 1. The Labute approximate surface area is 128 Å². The first-order valence-corrected chi connectivity index (χ1v) is 7.08. The normalized spacial score (nSPS) is 13.6. The highest BCUT2D eigenvalue weighted by Crippen LogP contribution is 2.36. The average molecular weight is 306 g/mol. The largest absolute Gasteiger partial charge is 0.492 e. The van der Waals surface area contributed by atoms with Crippen LogP contribution >= 0.6 is 24.0 Å². The van der Waals surface area contributed by atoms with Gasteiger partial charge in [0.15, 0.2) is 0 Å². The third-order valence-electron chi connectivity index (χ3n) is 3.12. The maximum atomic E-state index is 6.33. The Bertz CT molecular complexity index is 394. The summed E-state index contributed by atoms with van der Waals surface area (Å²) in [5.74, 6) is 1.28. The van der Waals surface area contributed by atoms with Crippen molar-refractivity contribution in [3.05, 3.63) is 28.3 Å². The summed E-state index contributed by atoms with van der Waals surface area (Å²) in [7, 11) is 0. The smallest absolute Gasteiger partial charge is 0.141 e. The van der Waals surface area contributed by atoms with Gasteiger partial charge in [-0.15, -0.1) is 12.4 Å². The summed E-state index contributed by atoms with van der Waals surface area (Å²) in [6, 6.07) is 4.31. The molecule has 19 heavy (non-hydrogen) atoms. The van der Waals surface area contributed by atoms with Crippen LogP contribution in [-0.4, -0.2) is 12.6 Å². The maximum absolute atomic E-state index is 6.33. The van der Waals surface area contributed by atoms with Crippen molar-refractivity contribution in [2.45, 2.75) is 52.5 Å². The van der Waals surface area contributed by atoms with E-state index in [1.54, 1.807) is 0 Å². The Hall–Kier alpha value is -0.440. The number of hydrogen-bond donors (Lipinski definition) is 1. The fourth-order valence-corrected chi connectivity index (χ4v) is 2.35. The van der Waals surface area contributed by atoms with Gasteiger partial charge < -0.3 is 10.5 Å². The Kier molecular flexibility index (Phi) is 8.47. The Morgan fingerprint density at radius 2 is 1.89 bits per heavy atom. The van der Waals surface area contributed by atoms with Crippen LogP contribution in [0, 0.1) is 0 Å². The molecule has 0 aliphatic rings. The topological polar surface area (TPSA) is 35.2 Å². The van der Waals surface area contributed by atoms with Crippen LogP contribution in [0.25, 0.3) is 0 Å². The molecule has 0 radical (unpaired) electrons. The van der Waals surface area contributed by atoms with E-state index in [-0.39, 0.29) is 18.4 Å². The summed E-state index contributed by atoms with van der Waals surface area (Å²) in [6.45, 7) is 8.99. The molecule has 0 bridgehead atoms. The van der Waals surface area contributed by atoms with E-state index in [0.29, 0.717) is 17.5 Å². The van der Waals surface area contributed by atoms with Crippen molar-refractivity contribution in [1.82, 2.24) is 0 Å².